The zero-order chi connectivity index (χ0) is 24.1. The number of urea groups is 1. The molecule has 8 heteroatoms. The minimum Gasteiger partial charge on any atom is -0.338 e. The van der Waals surface area contributed by atoms with Crippen molar-refractivity contribution in [3.05, 3.63) is 78.6 Å². The van der Waals surface area contributed by atoms with Crippen molar-refractivity contribution >= 4 is 34.1 Å². The molecule has 2 amide bonds. The van der Waals surface area contributed by atoms with Gasteiger partial charge in [0, 0.05) is 36.8 Å². The van der Waals surface area contributed by atoms with Gasteiger partial charge in [-0.2, -0.15) is 5.10 Å². The van der Waals surface area contributed by atoms with Crippen molar-refractivity contribution in [1.29, 1.82) is 0 Å². The number of hydrogen-bond donors (Lipinski definition) is 3. The lowest BCUT2D eigenvalue weighted by Gasteiger charge is -2.41. The van der Waals surface area contributed by atoms with E-state index in [9.17, 15) is 4.79 Å². The number of carbonyl (C=O) groups is 1. The van der Waals surface area contributed by atoms with Gasteiger partial charge in [-0.15, -0.1) is 0 Å². The first-order valence-corrected chi connectivity index (χ1v) is 12.2. The quantitative estimate of drug-likeness (QED) is 0.343. The third-order valence-corrected chi connectivity index (χ3v) is 6.90. The molecule has 0 aliphatic carbocycles. The molecule has 180 valence electrons. The van der Waals surface area contributed by atoms with Crippen molar-refractivity contribution in [2.45, 2.75) is 12.8 Å². The second-order valence-electron chi connectivity index (χ2n) is 9.34. The van der Waals surface area contributed by atoms with Crippen LogP contribution < -0.4 is 10.6 Å². The molecule has 1 fully saturated rings. The maximum absolute atomic E-state index is 13.8. The Balaban J connectivity index is 1.32. The summed E-state index contributed by atoms with van der Waals surface area (Å²) in [6, 6.07) is 20.2. The number of hydrogen-bond acceptors (Lipinski definition) is 5. The minimum absolute atomic E-state index is 0.0335. The van der Waals surface area contributed by atoms with Gasteiger partial charge in [0.25, 0.3) is 0 Å². The van der Waals surface area contributed by atoms with E-state index in [1.807, 2.05) is 36.4 Å². The van der Waals surface area contributed by atoms with E-state index in [-0.39, 0.29) is 6.03 Å². The Morgan fingerprint density at radius 2 is 1.91 bits per heavy atom. The van der Waals surface area contributed by atoms with Gasteiger partial charge in [0.1, 0.15) is 13.1 Å². The summed E-state index contributed by atoms with van der Waals surface area (Å²) in [5, 5.41) is 14.7. The molecule has 4 aromatic rings. The Bertz CT molecular complexity index is 1280. The maximum Gasteiger partial charge on any atom is 0.421 e. The fraction of sp³-hybridized carbons (Fsp3) is 0.296. The van der Waals surface area contributed by atoms with Gasteiger partial charge in [-0.3, -0.25) is 15.3 Å². The number of benzene rings is 2. The Labute approximate surface area is 205 Å². The average molecular weight is 471 g/mol. The fourth-order valence-corrected chi connectivity index (χ4v) is 4.70. The molecule has 0 bridgehead atoms. The number of aryl methyl sites for hydroxylation is 1. The first-order valence-electron chi connectivity index (χ1n) is 12.2. The summed E-state index contributed by atoms with van der Waals surface area (Å²) < 4.78 is 0.436. The summed E-state index contributed by atoms with van der Waals surface area (Å²) in [5.41, 5.74) is 3.81. The molecule has 0 saturated carbocycles. The van der Waals surface area contributed by atoms with Crippen molar-refractivity contribution in [3.63, 3.8) is 0 Å². The number of nitrogens with zero attached hydrogens (tertiary/aromatic N) is 4. The lowest BCUT2D eigenvalue weighted by Crippen LogP contribution is -2.63. The monoisotopic (exact) mass is 470 g/mol. The highest BCUT2D eigenvalue weighted by Crippen LogP contribution is 2.26. The number of quaternary nitrogens is 1. The Morgan fingerprint density at radius 1 is 1.09 bits per heavy atom. The fourth-order valence-electron chi connectivity index (χ4n) is 4.70. The van der Waals surface area contributed by atoms with E-state index >= 15 is 0 Å². The molecule has 35 heavy (non-hydrogen) atoms. The van der Waals surface area contributed by atoms with Gasteiger partial charge in [-0.05, 0) is 49.4 Å². The highest BCUT2D eigenvalue weighted by molar-refractivity contribution is 5.90. The molecule has 0 spiro atoms. The molecule has 5 rings (SSSR count). The average Bonchev–Trinajstić information content (AvgIpc) is 3.35. The van der Waals surface area contributed by atoms with Crippen molar-refractivity contribution in [2.75, 3.05) is 50.4 Å². The van der Waals surface area contributed by atoms with E-state index in [2.05, 4.69) is 62.0 Å². The number of likely N-dealkylation sites (N-methyl/N-ethyl adjacent to an activating group) is 1. The number of aromatic amines is 1. The third kappa shape index (κ3) is 5.34. The number of carbonyl (C=O) groups excluding carboxylic acids is 1. The molecule has 2 aromatic carbocycles. The van der Waals surface area contributed by atoms with Crippen LogP contribution >= 0.6 is 0 Å². The van der Waals surface area contributed by atoms with E-state index in [0.29, 0.717) is 16.0 Å². The molecule has 2 aromatic heterocycles. The second kappa shape index (κ2) is 10.2. The molecule has 0 unspecified atom stereocenters. The topological polar surface area (TPSA) is 85.9 Å². The Morgan fingerprint density at radius 3 is 2.74 bits per heavy atom. The summed E-state index contributed by atoms with van der Waals surface area (Å²) in [5.74, 6) is 0.622. The van der Waals surface area contributed by atoms with Gasteiger partial charge < -0.3 is 5.32 Å². The van der Waals surface area contributed by atoms with Crippen LogP contribution in [0.15, 0.2) is 73.1 Å². The van der Waals surface area contributed by atoms with Crippen molar-refractivity contribution < 1.29 is 9.28 Å². The summed E-state index contributed by atoms with van der Waals surface area (Å²) in [4.78, 5) is 20.6. The van der Waals surface area contributed by atoms with Gasteiger partial charge in [0.05, 0.1) is 23.9 Å². The molecule has 0 radical (unpaired) electrons. The lowest BCUT2D eigenvalue weighted by atomic mass is 10.1. The largest absolute Gasteiger partial charge is 0.421 e. The smallest absolute Gasteiger partial charge is 0.338 e. The normalized spacial score (nSPS) is 15.7. The molecule has 0 atom stereocenters. The predicted octanol–water partition coefficient (Wildman–Crippen LogP) is 4.63. The molecular weight excluding hydrogens is 438 g/mol. The zero-order valence-corrected chi connectivity index (χ0v) is 20.1. The number of nitrogens with one attached hydrogen (secondary N) is 3. The van der Waals surface area contributed by atoms with Crippen molar-refractivity contribution in [2.24, 2.45) is 0 Å². The number of rotatable bonds is 7. The Hall–Kier alpha value is -3.75. The molecule has 1 aliphatic heterocycles. The lowest BCUT2D eigenvalue weighted by molar-refractivity contribution is -0.853. The summed E-state index contributed by atoms with van der Waals surface area (Å²) in [6.07, 6.45) is 5.46. The van der Waals surface area contributed by atoms with Gasteiger partial charge in [-0.1, -0.05) is 30.3 Å². The number of H-pyrrole nitrogens is 1. The maximum atomic E-state index is 13.8. The highest BCUT2D eigenvalue weighted by atomic mass is 16.2. The number of aromatic nitrogens is 3. The van der Waals surface area contributed by atoms with Gasteiger partial charge in [-0.25, -0.2) is 14.3 Å². The number of fused-ring (bicyclic) bond motifs is 1. The number of amides is 2. The van der Waals surface area contributed by atoms with Crippen molar-refractivity contribution in [3.8, 4) is 0 Å². The van der Waals surface area contributed by atoms with Crippen LogP contribution in [0, 0.1) is 0 Å². The molecule has 3 N–H and O–H groups in total. The summed E-state index contributed by atoms with van der Waals surface area (Å²) >= 11 is 0. The standard InChI is InChI=1S/C27H31N7O/c1-33-14-17-34(18-15-33,16-6-9-21-7-3-2-4-8-21)27(35)31-24-10-5-13-28-26(24)30-23-12-11-22-20-29-32-25(22)19-23/h2-5,7-8,10-13,19-20H,6,9,14-18H2,1H3,(H2-,28,29,30,31,32,35)/p+1. The first-order chi connectivity index (χ1) is 17.1. The van der Waals surface area contributed by atoms with Gasteiger partial charge in [0.2, 0.25) is 0 Å². The molecule has 1 aliphatic rings. The van der Waals surface area contributed by atoms with Crippen molar-refractivity contribution in [1.82, 2.24) is 20.1 Å². The third-order valence-electron chi connectivity index (χ3n) is 6.90. The second-order valence-corrected chi connectivity index (χ2v) is 9.34. The number of anilines is 3. The highest BCUT2D eigenvalue weighted by Gasteiger charge is 2.39. The van der Waals surface area contributed by atoms with Crippen LogP contribution in [0.2, 0.25) is 0 Å². The van der Waals surface area contributed by atoms with E-state index in [1.165, 1.54) is 5.56 Å². The number of pyridine rings is 1. The number of piperazine rings is 1. The Kier molecular flexibility index (Phi) is 6.74. The van der Waals surface area contributed by atoms with E-state index in [0.717, 1.165) is 62.2 Å². The molecular formula is C27H32N7O+. The predicted molar refractivity (Wildman–Crippen MR) is 140 cm³/mol. The van der Waals surface area contributed by atoms with Gasteiger partial charge >= 0.3 is 6.03 Å². The van der Waals surface area contributed by atoms with E-state index in [1.54, 1.807) is 12.4 Å². The van der Waals surface area contributed by atoms with Gasteiger partial charge in [0.15, 0.2) is 5.82 Å². The first kappa shape index (κ1) is 23.0. The molecule has 1 saturated heterocycles. The molecule has 3 heterocycles. The van der Waals surface area contributed by atoms with Crippen LogP contribution in [0.5, 0.6) is 0 Å². The van der Waals surface area contributed by atoms with E-state index < -0.39 is 0 Å². The van der Waals surface area contributed by atoms with E-state index in [4.69, 9.17) is 0 Å². The SMILES string of the molecule is CN1CC[N+](CCCc2ccccc2)(C(=O)Nc2cccnc2Nc2ccc3cn[nH]c3c2)CC1. The van der Waals surface area contributed by atoms with Crippen LogP contribution in [0.25, 0.3) is 10.9 Å². The van der Waals surface area contributed by atoms with Crippen LogP contribution in [-0.4, -0.2) is 70.4 Å². The summed E-state index contributed by atoms with van der Waals surface area (Å²) in [6.45, 7) is 4.23. The van der Waals surface area contributed by atoms with Crippen LogP contribution in [0.1, 0.15) is 12.0 Å². The van der Waals surface area contributed by atoms with Crippen LogP contribution in [0.4, 0.5) is 22.0 Å². The minimum atomic E-state index is 0.0335. The molecule has 8 nitrogen and oxygen atoms in total. The van der Waals surface area contributed by atoms with Crippen LogP contribution in [0.3, 0.4) is 0 Å². The summed E-state index contributed by atoms with van der Waals surface area (Å²) in [7, 11) is 2.12. The van der Waals surface area contributed by atoms with Crippen LogP contribution in [-0.2, 0) is 6.42 Å². The zero-order valence-electron chi connectivity index (χ0n) is 20.1.